The van der Waals surface area contributed by atoms with Gasteiger partial charge in [0.05, 0.1) is 12.3 Å². The molecule has 7 nitrogen and oxygen atoms in total. The molecule has 23 heavy (non-hydrogen) atoms. The van der Waals surface area contributed by atoms with Crippen molar-refractivity contribution in [3.63, 3.8) is 0 Å². The lowest BCUT2D eigenvalue weighted by Crippen LogP contribution is -2.41. The summed E-state index contributed by atoms with van der Waals surface area (Å²) in [6.07, 6.45) is 4.72. The molecule has 3 rings (SSSR count). The highest BCUT2D eigenvalue weighted by Crippen LogP contribution is 2.24. The van der Waals surface area contributed by atoms with Crippen molar-refractivity contribution < 1.29 is 14.0 Å². The number of amides is 2. The van der Waals surface area contributed by atoms with E-state index in [-0.39, 0.29) is 17.9 Å². The molecule has 0 radical (unpaired) electrons. The minimum absolute atomic E-state index is 0.0417. The van der Waals surface area contributed by atoms with Crippen LogP contribution in [0.5, 0.6) is 0 Å². The van der Waals surface area contributed by atoms with Gasteiger partial charge in [-0.15, -0.1) is 0 Å². The van der Waals surface area contributed by atoms with Crippen LogP contribution in [0.4, 0.5) is 0 Å². The van der Waals surface area contributed by atoms with Crippen LogP contribution >= 0.6 is 0 Å². The molecule has 2 aliphatic rings. The molecule has 124 valence electrons. The Hall–Kier alpha value is -2.15. The fraction of sp³-hybridized carbons (Fsp3) is 0.562. The van der Waals surface area contributed by atoms with Gasteiger partial charge in [0, 0.05) is 26.4 Å². The van der Waals surface area contributed by atoms with Crippen molar-refractivity contribution in [1.82, 2.24) is 15.2 Å². The number of hydrogen-bond donors (Lipinski definition) is 1. The maximum absolute atomic E-state index is 12.3. The molecule has 1 saturated heterocycles. The summed E-state index contributed by atoms with van der Waals surface area (Å²) in [5, 5.41) is 8.24. The van der Waals surface area contributed by atoms with Crippen molar-refractivity contribution >= 4 is 17.5 Å². The third kappa shape index (κ3) is 3.61. The summed E-state index contributed by atoms with van der Waals surface area (Å²) in [6.45, 7) is 2.50. The highest BCUT2D eigenvalue weighted by molar-refractivity contribution is 6.39. The van der Waals surface area contributed by atoms with Crippen molar-refractivity contribution in [2.45, 2.75) is 31.7 Å². The zero-order chi connectivity index (χ0) is 16.2. The van der Waals surface area contributed by atoms with Crippen LogP contribution in [0.25, 0.3) is 0 Å². The number of likely N-dealkylation sites (tertiary alicyclic amines) is 1. The fourth-order valence-electron chi connectivity index (χ4n) is 3.07. The lowest BCUT2D eigenvalue weighted by Gasteiger charge is -2.26. The van der Waals surface area contributed by atoms with E-state index in [4.69, 9.17) is 4.42 Å². The summed E-state index contributed by atoms with van der Waals surface area (Å²) < 4.78 is 5.54. The largest absolute Gasteiger partial charge is 0.468 e. The monoisotopic (exact) mass is 318 g/mol. The van der Waals surface area contributed by atoms with E-state index in [0.29, 0.717) is 25.1 Å². The van der Waals surface area contributed by atoms with Crippen LogP contribution in [0.2, 0.25) is 0 Å². The third-order valence-corrected chi connectivity index (χ3v) is 4.38. The number of nitrogens with one attached hydrogen (secondary N) is 1. The molecule has 1 atom stereocenters. The minimum atomic E-state index is -0.208. The number of furan rings is 1. The second-order valence-electron chi connectivity index (χ2n) is 5.95. The van der Waals surface area contributed by atoms with E-state index in [9.17, 15) is 9.59 Å². The number of carbonyl (C=O) groups excluding carboxylic acids is 2. The quantitative estimate of drug-likeness (QED) is 0.883. The molecular weight excluding hydrogens is 296 g/mol. The lowest BCUT2D eigenvalue weighted by molar-refractivity contribution is -0.130. The van der Waals surface area contributed by atoms with E-state index in [0.717, 1.165) is 18.8 Å². The Morgan fingerprint density at radius 1 is 1.39 bits per heavy atom. The third-order valence-electron chi connectivity index (χ3n) is 4.38. The molecule has 1 unspecified atom stereocenters. The average molecular weight is 318 g/mol. The smallest absolute Gasteiger partial charge is 0.267 e. The van der Waals surface area contributed by atoms with Gasteiger partial charge >= 0.3 is 0 Å². The predicted molar refractivity (Wildman–Crippen MR) is 84.7 cm³/mol. The Kier molecular flexibility index (Phi) is 4.76. The summed E-state index contributed by atoms with van der Waals surface area (Å²) >= 11 is 0. The summed E-state index contributed by atoms with van der Waals surface area (Å²) in [6, 6.07) is 3.85. The molecule has 0 bridgehead atoms. The molecule has 2 aliphatic heterocycles. The van der Waals surface area contributed by atoms with Crippen molar-refractivity contribution in [2.75, 3.05) is 26.7 Å². The van der Waals surface area contributed by atoms with Gasteiger partial charge in [-0.2, -0.15) is 5.10 Å². The van der Waals surface area contributed by atoms with E-state index in [1.807, 2.05) is 12.1 Å². The minimum Gasteiger partial charge on any atom is -0.468 e. The Bertz CT molecular complexity index is 590. The zero-order valence-electron chi connectivity index (χ0n) is 13.3. The van der Waals surface area contributed by atoms with Crippen LogP contribution in [0.15, 0.2) is 27.9 Å². The Labute approximate surface area is 135 Å². The SMILES string of the molecule is CN1N=C(C(=O)NCC(c2ccco2)N2CCCC2)CCC1=O. The van der Waals surface area contributed by atoms with Gasteiger partial charge < -0.3 is 9.73 Å². The van der Waals surface area contributed by atoms with Crippen molar-refractivity contribution in [1.29, 1.82) is 0 Å². The highest BCUT2D eigenvalue weighted by Gasteiger charge is 2.27. The molecule has 0 spiro atoms. The number of carbonyl (C=O) groups is 2. The summed E-state index contributed by atoms with van der Waals surface area (Å²) in [7, 11) is 1.57. The average Bonchev–Trinajstić information content (AvgIpc) is 3.24. The summed E-state index contributed by atoms with van der Waals surface area (Å²) in [5.74, 6) is 0.595. The zero-order valence-corrected chi connectivity index (χ0v) is 13.3. The maximum Gasteiger partial charge on any atom is 0.267 e. The molecular formula is C16H22N4O3. The van der Waals surface area contributed by atoms with E-state index < -0.39 is 0 Å². The Morgan fingerprint density at radius 3 is 2.83 bits per heavy atom. The Balaban J connectivity index is 1.63. The number of rotatable bonds is 5. The van der Waals surface area contributed by atoms with Gasteiger partial charge in [0.15, 0.2) is 0 Å². The first-order valence-corrected chi connectivity index (χ1v) is 8.05. The van der Waals surface area contributed by atoms with Gasteiger partial charge in [0.1, 0.15) is 11.5 Å². The fourth-order valence-corrected chi connectivity index (χ4v) is 3.07. The summed E-state index contributed by atoms with van der Waals surface area (Å²) in [4.78, 5) is 26.1. The second-order valence-corrected chi connectivity index (χ2v) is 5.95. The first-order chi connectivity index (χ1) is 11.1. The van der Waals surface area contributed by atoms with E-state index in [1.54, 1.807) is 13.3 Å². The van der Waals surface area contributed by atoms with E-state index >= 15 is 0 Å². The predicted octanol–water partition coefficient (Wildman–Crippen LogP) is 1.14. The first-order valence-electron chi connectivity index (χ1n) is 8.05. The number of nitrogens with zero attached hydrogens (tertiary/aromatic N) is 3. The van der Waals surface area contributed by atoms with Gasteiger partial charge in [-0.1, -0.05) is 0 Å². The van der Waals surface area contributed by atoms with Crippen LogP contribution in [-0.2, 0) is 9.59 Å². The first kappa shape index (κ1) is 15.7. The molecule has 0 saturated carbocycles. The van der Waals surface area contributed by atoms with Gasteiger partial charge in [0.25, 0.3) is 5.91 Å². The highest BCUT2D eigenvalue weighted by atomic mass is 16.3. The van der Waals surface area contributed by atoms with Gasteiger partial charge in [-0.25, -0.2) is 5.01 Å². The number of hydrazone groups is 1. The van der Waals surface area contributed by atoms with Gasteiger partial charge in [-0.05, 0) is 38.1 Å². The maximum atomic E-state index is 12.3. The van der Waals surface area contributed by atoms with Crippen LogP contribution in [0.3, 0.4) is 0 Å². The molecule has 2 amide bonds. The normalized spacial score (nSPS) is 20.5. The second kappa shape index (κ2) is 6.95. The van der Waals surface area contributed by atoms with E-state index in [1.165, 1.54) is 17.9 Å². The van der Waals surface area contributed by atoms with Crippen molar-refractivity contribution in [3.8, 4) is 0 Å². The van der Waals surface area contributed by atoms with Crippen LogP contribution < -0.4 is 5.32 Å². The molecule has 0 aromatic carbocycles. The lowest BCUT2D eigenvalue weighted by atomic mass is 10.1. The van der Waals surface area contributed by atoms with Crippen LogP contribution in [0, 0.1) is 0 Å². The van der Waals surface area contributed by atoms with Gasteiger partial charge in [0.2, 0.25) is 5.91 Å². The molecule has 1 fully saturated rings. The van der Waals surface area contributed by atoms with E-state index in [2.05, 4.69) is 15.3 Å². The Morgan fingerprint density at radius 2 is 2.17 bits per heavy atom. The van der Waals surface area contributed by atoms with Crippen LogP contribution in [-0.4, -0.2) is 54.1 Å². The topological polar surface area (TPSA) is 78.2 Å². The molecule has 7 heteroatoms. The molecule has 0 aliphatic carbocycles. The van der Waals surface area contributed by atoms with Gasteiger partial charge in [-0.3, -0.25) is 14.5 Å². The molecule has 1 N–H and O–H groups in total. The molecule has 1 aromatic heterocycles. The van der Waals surface area contributed by atoms with Crippen molar-refractivity contribution in [2.24, 2.45) is 5.10 Å². The standard InChI is InChI=1S/C16H22N4O3/c1-19-15(21)7-6-12(18-19)16(22)17-11-13(14-5-4-10-23-14)20-8-2-3-9-20/h4-5,10,13H,2-3,6-9,11H2,1H3,(H,17,22). The van der Waals surface area contributed by atoms with Crippen molar-refractivity contribution in [3.05, 3.63) is 24.2 Å². The number of hydrogen-bond acceptors (Lipinski definition) is 5. The summed E-state index contributed by atoms with van der Waals surface area (Å²) in [5.41, 5.74) is 0.409. The molecule has 3 heterocycles. The molecule has 1 aromatic rings. The van der Waals surface area contributed by atoms with Crippen LogP contribution in [0.1, 0.15) is 37.5 Å².